The number of hydrogen-bond acceptors (Lipinski definition) is 10. The van der Waals surface area contributed by atoms with Gasteiger partial charge in [-0.05, 0) is 67.8 Å². The van der Waals surface area contributed by atoms with E-state index in [2.05, 4.69) is 27.7 Å². The Hall–Kier alpha value is -3.06. The molecule has 12 heteroatoms. The first-order valence-corrected chi connectivity index (χ1v) is 14.6. The first kappa shape index (κ1) is 30.4. The van der Waals surface area contributed by atoms with Crippen molar-refractivity contribution >= 4 is 17.7 Å². The zero-order valence-corrected chi connectivity index (χ0v) is 24.4. The monoisotopic (exact) mass is 586 g/mol. The molecule has 0 aliphatic heterocycles. The SMILES string of the molecule is COC(=O)[C@H](Cc1cnc[nH]1)NC(=O)CONC1=CC[C@@]2(C)C(=C1)CC[C@H]1[C@H]2[C@@H](O)C[C@]2(C)[C@H]1CC[C@@]2(O)C(=O)CO. The largest absolute Gasteiger partial charge is 0.467 e. The number of hydrogen-bond donors (Lipinski definition) is 6. The maximum Gasteiger partial charge on any atom is 0.328 e. The number of allylic oxidation sites excluding steroid dienone is 3. The number of aliphatic hydroxyl groups is 3. The molecule has 1 heterocycles. The van der Waals surface area contributed by atoms with Gasteiger partial charge < -0.3 is 30.4 Å². The number of carbonyl (C=O) groups excluding carboxylic acids is 3. The molecule has 0 spiro atoms. The van der Waals surface area contributed by atoms with E-state index >= 15 is 0 Å². The van der Waals surface area contributed by atoms with Gasteiger partial charge in [0.1, 0.15) is 18.2 Å². The number of aliphatic hydroxyl groups excluding tert-OH is 2. The minimum Gasteiger partial charge on any atom is -0.467 e. The standard InChI is InChI=1S/C30H42N4O8/c1-28-8-6-18(34-42-15-25(38)33-22(27(39)41-3)11-19-13-31-16-32-19)10-17(28)4-5-20-21-7-9-30(40,24(37)14-35)29(21,2)12-23(36)26(20)28/h6,10,13,16,20-23,26,34-36,40H,4-5,7-9,11-12,14-15H2,1-3H3,(H,31,32)(H,33,38)/t20-,21+,22+,23+,26+,28+,29-,30-/m1/s1. The lowest BCUT2D eigenvalue weighted by molar-refractivity contribution is -0.181. The molecule has 4 aliphatic rings. The van der Waals surface area contributed by atoms with Crippen molar-refractivity contribution in [2.24, 2.45) is 28.6 Å². The first-order chi connectivity index (χ1) is 20.0. The van der Waals surface area contributed by atoms with Gasteiger partial charge in [-0.1, -0.05) is 25.5 Å². The Morgan fingerprint density at radius 3 is 2.74 bits per heavy atom. The molecule has 3 saturated carbocycles. The van der Waals surface area contributed by atoms with Crippen molar-refractivity contribution in [3.63, 3.8) is 0 Å². The Morgan fingerprint density at radius 2 is 2.05 bits per heavy atom. The molecule has 1 amide bonds. The predicted molar refractivity (Wildman–Crippen MR) is 149 cm³/mol. The van der Waals surface area contributed by atoms with Gasteiger partial charge in [0.05, 0.1) is 25.2 Å². The van der Waals surface area contributed by atoms with Crippen molar-refractivity contribution in [1.82, 2.24) is 20.8 Å². The molecule has 0 aromatic carbocycles. The van der Waals surface area contributed by atoms with Gasteiger partial charge >= 0.3 is 5.97 Å². The van der Waals surface area contributed by atoms with Gasteiger partial charge in [0.25, 0.3) is 0 Å². The molecule has 0 radical (unpaired) electrons. The van der Waals surface area contributed by atoms with Gasteiger partial charge in [0.2, 0.25) is 5.91 Å². The van der Waals surface area contributed by atoms with Gasteiger partial charge in [0, 0.05) is 23.7 Å². The average molecular weight is 587 g/mol. The number of carbonyl (C=O) groups is 3. The zero-order chi connectivity index (χ0) is 30.3. The van der Waals surface area contributed by atoms with Crippen LogP contribution >= 0.6 is 0 Å². The number of aromatic amines is 1. The fraction of sp³-hybridized carbons (Fsp3) is 0.667. The van der Waals surface area contributed by atoms with Crippen LogP contribution in [0.3, 0.4) is 0 Å². The molecule has 1 aromatic heterocycles. The number of ether oxygens (including phenoxy) is 1. The topological polar surface area (TPSA) is 183 Å². The lowest BCUT2D eigenvalue weighted by Gasteiger charge is -2.60. The summed E-state index contributed by atoms with van der Waals surface area (Å²) < 4.78 is 4.80. The molecule has 1 aromatic rings. The zero-order valence-electron chi connectivity index (χ0n) is 24.4. The second kappa shape index (κ2) is 11.6. The second-order valence-electron chi connectivity index (χ2n) is 12.8. The maximum atomic E-state index is 12.6. The average Bonchev–Trinajstić information content (AvgIpc) is 3.57. The number of amides is 1. The summed E-state index contributed by atoms with van der Waals surface area (Å²) in [6, 6.07) is -0.889. The van der Waals surface area contributed by atoms with Gasteiger partial charge in [0.15, 0.2) is 12.4 Å². The van der Waals surface area contributed by atoms with E-state index in [0.29, 0.717) is 31.4 Å². The van der Waals surface area contributed by atoms with Crippen LogP contribution in [-0.4, -0.2) is 81.0 Å². The van der Waals surface area contributed by atoms with E-state index < -0.39 is 47.4 Å². The highest BCUT2D eigenvalue weighted by molar-refractivity contribution is 5.89. The summed E-state index contributed by atoms with van der Waals surface area (Å²) in [6.45, 7) is 3.06. The normalized spacial score (nSPS) is 36.0. The number of nitrogens with one attached hydrogen (secondary N) is 3. The summed E-state index contributed by atoms with van der Waals surface area (Å²) in [7, 11) is 1.26. The first-order valence-electron chi connectivity index (χ1n) is 14.6. The second-order valence-corrected chi connectivity index (χ2v) is 12.8. The van der Waals surface area contributed by atoms with Crippen LogP contribution in [0.5, 0.6) is 0 Å². The Kier molecular flexibility index (Phi) is 8.36. The van der Waals surface area contributed by atoms with Crippen molar-refractivity contribution < 1.29 is 39.3 Å². The third-order valence-corrected chi connectivity index (χ3v) is 10.7. The number of aromatic nitrogens is 2. The molecule has 0 saturated heterocycles. The van der Waals surface area contributed by atoms with Crippen molar-refractivity contribution in [1.29, 1.82) is 0 Å². The number of ketones is 1. The van der Waals surface area contributed by atoms with Crippen LogP contribution in [0.15, 0.2) is 35.9 Å². The molecule has 6 N–H and O–H groups in total. The number of imidazole rings is 1. The van der Waals surface area contributed by atoms with Crippen LogP contribution < -0.4 is 10.8 Å². The highest BCUT2D eigenvalue weighted by Gasteiger charge is 2.68. The van der Waals surface area contributed by atoms with E-state index in [0.717, 1.165) is 18.5 Å². The molecule has 12 nitrogen and oxygen atoms in total. The number of H-pyrrole nitrogens is 1. The van der Waals surface area contributed by atoms with Crippen molar-refractivity contribution in [3.8, 4) is 0 Å². The van der Waals surface area contributed by atoms with E-state index in [1.807, 2.05) is 19.1 Å². The molecule has 3 fully saturated rings. The van der Waals surface area contributed by atoms with Gasteiger partial charge in [-0.2, -0.15) is 0 Å². The van der Waals surface area contributed by atoms with Crippen LogP contribution in [0.2, 0.25) is 0 Å². The van der Waals surface area contributed by atoms with E-state index in [-0.39, 0.29) is 36.2 Å². The fourth-order valence-corrected chi connectivity index (χ4v) is 8.58. The molecule has 8 atom stereocenters. The van der Waals surface area contributed by atoms with Crippen LogP contribution in [0.1, 0.15) is 58.1 Å². The summed E-state index contributed by atoms with van der Waals surface area (Å²) in [5, 5.41) is 35.1. The van der Waals surface area contributed by atoms with Crippen LogP contribution in [-0.2, 0) is 30.4 Å². The number of Topliss-reactive ketones (excluding diaryl/α,β-unsaturated/α-hetero) is 1. The number of rotatable bonds is 10. The van der Waals surface area contributed by atoms with E-state index in [1.165, 1.54) is 19.0 Å². The van der Waals surface area contributed by atoms with Crippen LogP contribution in [0.25, 0.3) is 0 Å². The summed E-state index contributed by atoms with van der Waals surface area (Å²) in [5.41, 5.74) is 2.75. The molecular weight excluding hydrogens is 544 g/mol. The third kappa shape index (κ3) is 5.08. The summed E-state index contributed by atoms with van der Waals surface area (Å²) in [4.78, 5) is 49.6. The van der Waals surface area contributed by atoms with E-state index in [9.17, 15) is 29.7 Å². The molecule has 0 unspecified atom stereocenters. The summed E-state index contributed by atoms with van der Waals surface area (Å²) >= 11 is 0. The van der Waals surface area contributed by atoms with Gasteiger partial charge in [-0.25, -0.2) is 9.78 Å². The van der Waals surface area contributed by atoms with Gasteiger partial charge in [-0.3, -0.25) is 19.9 Å². The van der Waals surface area contributed by atoms with Crippen LogP contribution in [0.4, 0.5) is 0 Å². The number of hydroxylamine groups is 1. The smallest absolute Gasteiger partial charge is 0.328 e. The maximum absolute atomic E-state index is 12.6. The minimum absolute atomic E-state index is 0.0308. The highest BCUT2D eigenvalue weighted by Crippen LogP contribution is 2.67. The van der Waals surface area contributed by atoms with E-state index in [4.69, 9.17) is 9.57 Å². The lowest BCUT2D eigenvalue weighted by atomic mass is 9.45. The minimum atomic E-state index is -1.61. The Labute approximate surface area is 244 Å². The molecule has 230 valence electrons. The quantitative estimate of drug-likeness (QED) is 0.170. The number of nitrogens with zero attached hydrogens (tertiary/aromatic N) is 1. The Morgan fingerprint density at radius 1 is 1.26 bits per heavy atom. The van der Waals surface area contributed by atoms with Crippen molar-refractivity contribution in [2.75, 3.05) is 20.3 Å². The number of methoxy groups -OCH3 is 1. The highest BCUT2D eigenvalue weighted by atomic mass is 16.6. The van der Waals surface area contributed by atoms with Crippen molar-refractivity contribution in [3.05, 3.63) is 41.6 Å². The Bertz CT molecular complexity index is 1260. The number of fused-ring (bicyclic) bond motifs is 5. The molecular formula is C30H42N4O8. The molecule has 4 aliphatic carbocycles. The third-order valence-electron chi connectivity index (χ3n) is 10.7. The van der Waals surface area contributed by atoms with Crippen LogP contribution in [0, 0.1) is 28.6 Å². The molecule has 0 bridgehead atoms. The molecule has 5 rings (SSSR count). The van der Waals surface area contributed by atoms with E-state index in [1.54, 1.807) is 6.20 Å². The fourth-order valence-electron chi connectivity index (χ4n) is 8.58. The van der Waals surface area contributed by atoms with Crippen molar-refractivity contribution in [2.45, 2.75) is 76.5 Å². The summed E-state index contributed by atoms with van der Waals surface area (Å²) in [6.07, 6.45) is 10.2. The number of esters is 1. The predicted octanol–water partition coefficient (Wildman–Crippen LogP) is 0.851. The molecule has 42 heavy (non-hydrogen) atoms. The summed E-state index contributed by atoms with van der Waals surface area (Å²) in [5.74, 6) is -1.42. The Balaban J connectivity index is 1.20. The lowest BCUT2D eigenvalue weighted by Crippen LogP contribution is -2.61. The van der Waals surface area contributed by atoms with Gasteiger partial charge in [-0.15, -0.1) is 0 Å².